The monoisotopic (exact) mass is 301 g/mol. The number of carbonyl (C=O) groups excluding carboxylic acids is 1. The van der Waals surface area contributed by atoms with Crippen molar-refractivity contribution in [3.8, 4) is 6.07 Å². The van der Waals surface area contributed by atoms with Gasteiger partial charge in [-0.25, -0.2) is 4.79 Å². The van der Waals surface area contributed by atoms with Crippen molar-refractivity contribution in [1.29, 1.82) is 5.26 Å². The first-order chi connectivity index (χ1) is 11.2. The van der Waals surface area contributed by atoms with E-state index in [1.54, 1.807) is 6.07 Å². The molecular formula is C19H15N3O. The molecule has 112 valence electrons. The SMILES string of the molecule is N#Cc1ccc2cc(NC(=O)NCc3ccccc3)ccc2c1. The number of carbonyl (C=O) groups is 1. The third kappa shape index (κ3) is 3.66. The van der Waals surface area contributed by atoms with Crippen molar-refractivity contribution in [2.24, 2.45) is 0 Å². The molecular weight excluding hydrogens is 286 g/mol. The van der Waals surface area contributed by atoms with Gasteiger partial charge in [-0.1, -0.05) is 42.5 Å². The fraction of sp³-hybridized carbons (Fsp3) is 0.0526. The Balaban J connectivity index is 1.66. The molecule has 0 radical (unpaired) electrons. The van der Waals surface area contributed by atoms with E-state index in [1.807, 2.05) is 60.7 Å². The average molecular weight is 301 g/mol. The summed E-state index contributed by atoms with van der Waals surface area (Å²) >= 11 is 0. The van der Waals surface area contributed by atoms with Gasteiger partial charge >= 0.3 is 6.03 Å². The van der Waals surface area contributed by atoms with Gasteiger partial charge in [-0.2, -0.15) is 5.26 Å². The fourth-order valence-corrected chi connectivity index (χ4v) is 2.35. The molecule has 4 nitrogen and oxygen atoms in total. The number of benzene rings is 3. The minimum atomic E-state index is -0.248. The Bertz CT molecular complexity index is 882. The number of rotatable bonds is 3. The predicted octanol–water partition coefficient (Wildman–Crippen LogP) is 4.03. The van der Waals surface area contributed by atoms with Crippen LogP contribution in [0.1, 0.15) is 11.1 Å². The van der Waals surface area contributed by atoms with Crippen molar-refractivity contribution in [3.05, 3.63) is 77.9 Å². The van der Waals surface area contributed by atoms with Crippen molar-refractivity contribution in [2.75, 3.05) is 5.32 Å². The van der Waals surface area contributed by atoms with E-state index in [0.717, 1.165) is 16.3 Å². The molecule has 23 heavy (non-hydrogen) atoms. The van der Waals surface area contributed by atoms with E-state index in [9.17, 15) is 4.79 Å². The number of urea groups is 1. The van der Waals surface area contributed by atoms with Crippen molar-refractivity contribution in [1.82, 2.24) is 5.32 Å². The van der Waals surface area contributed by atoms with Crippen LogP contribution in [-0.2, 0) is 6.54 Å². The summed E-state index contributed by atoms with van der Waals surface area (Å²) in [6.45, 7) is 0.478. The molecule has 0 saturated heterocycles. The summed E-state index contributed by atoms with van der Waals surface area (Å²) < 4.78 is 0. The molecule has 3 aromatic rings. The van der Waals surface area contributed by atoms with Gasteiger partial charge in [0.05, 0.1) is 11.6 Å². The lowest BCUT2D eigenvalue weighted by Crippen LogP contribution is -2.28. The van der Waals surface area contributed by atoms with Gasteiger partial charge in [0.2, 0.25) is 0 Å². The summed E-state index contributed by atoms with van der Waals surface area (Å²) in [5, 5.41) is 16.5. The molecule has 0 atom stereocenters. The third-order valence-electron chi connectivity index (χ3n) is 3.52. The lowest BCUT2D eigenvalue weighted by Gasteiger charge is -2.09. The van der Waals surface area contributed by atoms with Crippen LogP contribution in [0.4, 0.5) is 10.5 Å². The lowest BCUT2D eigenvalue weighted by molar-refractivity contribution is 0.251. The highest BCUT2D eigenvalue weighted by Gasteiger charge is 2.03. The second kappa shape index (κ2) is 6.63. The molecule has 0 spiro atoms. The van der Waals surface area contributed by atoms with Gasteiger partial charge in [-0.3, -0.25) is 0 Å². The van der Waals surface area contributed by atoms with Gasteiger partial charge in [0.25, 0.3) is 0 Å². The number of amides is 2. The van der Waals surface area contributed by atoms with Crippen LogP contribution < -0.4 is 10.6 Å². The zero-order valence-electron chi connectivity index (χ0n) is 12.4. The maximum Gasteiger partial charge on any atom is 0.319 e. The number of nitrogens with zero attached hydrogens (tertiary/aromatic N) is 1. The van der Waals surface area contributed by atoms with E-state index < -0.39 is 0 Å². The highest BCUT2D eigenvalue weighted by Crippen LogP contribution is 2.20. The Hall–Kier alpha value is -3.32. The first-order valence-electron chi connectivity index (χ1n) is 7.27. The minimum absolute atomic E-state index is 0.248. The topological polar surface area (TPSA) is 64.9 Å². The normalized spacial score (nSPS) is 10.0. The van der Waals surface area contributed by atoms with Crippen LogP contribution in [0.2, 0.25) is 0 Å². The summed E-state index contributed by atoms with van der Waals surface area (Å²) in [6.07, 6.45) is 0. The van der Waals surface area contributed by atoms with Crippen LogP contribution >= 0.6 is 0 Å². The summed E-state index contributed by atoms with van der Waals surface area (Å²) in [5.41, 5.74) is 2.39. The van der Waals surface area contributed by atoms with E-state index in [-0.39, 0.29) is 6.03 Å². The zero-order chi connectivity index (χ0) is 16.1. The van der Waals surface area contributed by atoms with Crippen molar-refractivity contribution in [2.45, 2.75) is 6.54 Å². The van der Waals surface area contributed by atoms with Gasteiger partial charge in [-0.05, 0) is 40.6 Å². The van der Waals surface area contributed by atoms with Crippen LogP contribution in [0.5, 0.6) is 0 Å². The molecule has 0 aliphatic rings. The Labute approximate surface area is 134 Å². The maximum atomic E-state index is 12.0. The molecule has 0 bridgehead atoms. The summed E-state index contributed by atoms with van der Waals surface area (Å²) in [7, 11) is 0. The summed E-state index contributed by atoms with van der Waals surface area (Å²) in [5.74, 6) is 0. The molecule has 0 fully saturated rings. The molecule has 4 heteroatoms. The summed E-state index contributed by atoms with van der Waals surface area (Å²) in [6, 6.07) is 22.7. The number of hydrogen-bond donors (Lipinski definition) is 2. The van der Waals surface area contributed by atoms with Crippen molar-refractivity contribution >= 4 is 22.5 Å². The highest BCUT2D eigenvalue weighted by atomic mass is 16.2. The van der Waals surface area contributed by atoms with Gasteiger partial charge < -0.3 is 10.6 Å². The first-order valence-corrected chi connectivity index (χ1v) is 7.27. The zero-order valence-corrected chi connectivity index (χ0v) is 12.4. The predicted molar refractivity (Wildman–Crippen MR) is 91.0 cm³/mol. The van der Waals surface area contributed by atoms with Gasteiger partial charge in [-0.15, -0.1) is 0 Å². The van der Waals surface area contributed by atoms with E-state index in [4.69, 9.17) is 5.26 Å². The molecule has 2 N–H and O–H groups in total. The maximum absolute atomic E-state index is 12.0. The van der Waals surface area contributed by atoms with Crippen LogP contribution in [0.25, 0.3) is 10.8 Å². The van der Waals surface area contributed by atoms with E-state index in [2.05, 4.69) is 16.7 Å². The Morgan fingerprint density at radius 3 is 2.48 bits per heavy atom. The number of hydrogen-bond acceptors (Lipinski definition) is 2. The Kier molecular flexibility index (Phi) is 4.21. The molecule has 0 heterocycles. The second-order valence-electron chi connectivity index (χ2n) is 5.18. The molecule has 0 saturated carbocycles. The quantitative estimate of drug-likeness (QED) is 0.767. The number of anilines is 1. The van der Waals surface area contributed by atoms with Crippen LogP contribution in [0, 0.1) is 11.3 Å². The highest BCUT2D eigenvalue weighted by molar-refractivity contribution is 5.93. The minimum Gasteiger partial charge on any atom is -0.334 e. The number of nitriles is 1. The van der Waals surface area contributed by atoms with Gasteiger partial charge in [0.15, 0.2) is 0 Å². The van der Waals surface area contributed by atoms with Crippen molar-refractivity contribution < 1.29 is 4.79 Å². The molecule has 0 unspecified atom stereocenters. The molecule has 0 aliphatic carbocycles. The number of fused-ring (bicyclic) bond motifs is 1. The molecule has 2 amide bonds. The average Bonchev–Trinajstić information content (AvgIpc) is 2.60. The Morgan fingerprint density at radius 2 is 1.70 bits per heavy atom. The second-order valence-corrected chi connectivity index (χ2v) is 5.18. The molecule has 3 aromatic carbocycles. The van der Waals surface area contributed by atoms with Gasteiger partial charge in [0, 0.05) is 12.2 Å². The fourth-order valence-electron chi connectivity index (χ4n) is 2.35. The number of nitrogens with one attached hydrogen (secondary N) is 2. The van der Waals surface area contributed by atoms with Gasteiger partial charge in [0.1, 0.15) is 0 Å². The van der Waals surface area contributed by atoms with E-state index in [0.29, 0.717) is 17.8 Å². The molecule has 0 aromatic heterocycles. The van der Waals surface area contributed by atoms with Crippen LogP contribution in [-0.4, -0.2) is 6.03 Å². The summed E-state index contributed by atoms with van der Waals surface area (Å²) in [4.78, 5) is 12.0. The van der Waals surface area contributed by atoms with Crippen LogP contribution in [0.15, 0.2) is 66.7 Å². The van der Waals surface area contributed by atoms with E-state index in [1.165, 1.54) is 0 Å². The lowest BCUT2D eigenvalue weighted by atomic mass is 10.1. The first kappa shape index (κ1) is 14.6. The molecule has 0 aliphatic heterocycles. The Morgan fingerprint density at radius 1 is 0.957 bits per heavy atom. The third-order valence-corrected chi connectivity index (χ3v) is 3.52. The van der Waals surface area contributed by atoms with Crippen LogP contribution in [0.3, 0.4) is 0 Å². The molecule has 3 rings (SSSR count). The largest absolute Gasteiger partial charge is 0.334 e. The standard InChI is InChI=1S/C19H15N3O/c20-12-15-6-7-17-11-18(9-8-16(17)10-15)22-19(23)21-13-14-4-2-1-3-5-14/h1-11H,13H2,(H2,21,22,23). The van der Waals surface area contributed by atoms with Crippen molar-refractivity contribution in [3.63, 3.8) is 0 Å². The van der Waals surface area contributed by atoms with E-state index >= 15 is 0 Å². The smallest absolute Gasteiger partial charge is 0.319 e.